The van der Waals surface area contributed by atoms with Gasteiger partial charge in [-0.25, -0.2) is 14.7 Å². The predicted molar refractivity (Wildman–Crippen MR) is 132 cm³/mol. The highest BCUT2D eigenvalue weighted by atomic mass is 19.1. The van der Waals surface area contributed by atoms with E-state index in [1.54, 1.807) is 18.2 Å². The Bertz CT molecular complexity index is 1200. The topological polar surface area (TPSA) is 130 Å². The van der Waals surface area contributed by atoms with Crippen molar-refractivity contribution in [1.29, 1.82) is 0 Å². The van der Waals surface area contributed by atoms with Crippen molar-refractivity contribution in [2.24, 2.45) is 0 Å². The van der Waals surface area contributed by atoms with Gasteiger partial charge >= 0.3 is 6.09 Å². The molecule has 0 bridgehead atoms. The normalized spacial score (nSPS) is 17.7. The summed E-state index contributed by atoms with van der Waals surface area (Å²) in [4.78, 5) is 44.1. The minimum absolute atomic E-state index is 0.0201. The van der Waals surface area contributed by atoms with Crippen molar-refractivity contribution >= 4 is 35.4 Å². The third-order valence-electron chi connectivity index (χ3n) is 5.86. The number of hydrogen-bond donors (Lipinski definition) is 3. The number of ether oxygens (including phenoxy) is 2. The summed E-state index contributed by atoms with van der Waals surface area (Å²) >= 11 is 0. The number of nitrogens with zero attached hydrogens (tertiary/aromatic N) is 2. The molecule has 2 saturated heterocycles. The quantitative estimate of drug-likeness (QED) is 0.359. The molecule has 0 aliphatic carbocycles. The average Bonchev–Trinajstić information content (AvgIpc) is 3.27. The first kappa shape index (κ1) is 25.9. The van der Waals surface area contributed by atoms with Gasteiger partial charge in [0.2, 0.25) is 5.91 Å². The highest BCUT2D eigenvalue weighted by molar-refractivity contribution is 5.97. The number of aromatic hydroxyl groups is 1. The smallest absolute Gasteiger partial charge is 0.414 e. The second-order valence-corrected chi connectivity index (χ2v) is 8.34. The summed E-state index contributed by atoms with van der Waals surface area (Å²) in [6, 6.07) is 8.87. The molecule has 4 rings (SSSR count). The molecule has 2 heterocycles. The Balaban J connectivity index is 1.29. The van der Waals surface area contributed by atoms with E-state index < -0.39 is 29.8 Å². The third kappa shape index (κ3) is 6.35. The molecular formula is C25H27FN4O7. The van der Waals surface area contributed by atoms with E-state index in [9.17, 15) is 23.9 Å². The van der Waals surface area contributed by atoms with Crippen LogP contribution in [0.1, 0.15) is 15.9 Å². The van der Waals surface area contributed by atoms with Gasteiger partial charge in [-0.3, -0.25) is 19.3 Å². The molecule has 3 N–H and O–H groups in total. The fourth-order valence-electron chi connectivity index (χ4n) is 4.00. The molecule has 196 valence electrons. The van der Waals surface area contributed by atoms with Crippen LogP contribution in [-0.2, 0) is 19.1 Å². The number of anilines is 2. The van der Waals surface area contributed by atoms with Crippen molar-refractivity contribution in [3.8, 4) is 5.75 Å². The number of benzene rings is 2. The number of nitrogens with one attached hydrogen (secondary N) is 2. The van der Waals surface area contributed by atoms with Crippen LogP contribution < -0.4 is 20.6 Å². The van der Waals surface area contributed by atoms with E-state index in [4.69, 9.17) is 9.47 Å². The highest BCUT2D eigenvalue weighted by Gasteiger charge is 2.33. The molecule has 2 aromatic carbocycles. The van der Waals surface area contributed by atoms with Crippen LogP contribution in [0.2, 0.25) is 0 Å². The minimum atomic E-state index is -0.624. The second kappa shape index (κ2) is 11.7. The Labute approximate surface area is 212 Å². The number of hydroxylamine groups is 1. The summed E-state index contributed by atoms with van der Waals surface area (Å²) in [7, 11) is 1.28. The van der Waals surface area contributed by atoms with E-state index in [1.807, 2.05) is 4.90 Å². The Morgan fingerprint density at radius 3 is 2.70 bits per heavy atom. The van der Waals surface area contributed by atoms with E-state index in [1.165, 1.54) is 42.4 Å². The van der Waals surface area contributed by atoms with Crippen molar-refractivity contribution in [3.05, 3.63) is 59.4 Å². The van der Waals surface area contributed by atoms with Gasteiger partial charge in [-0.15, -0.1) is 0 Å². The molecule has 12 heteroatoms. The monoisotopic (exact) mass is 514 g/mol. The van der Waals surface area contributed by atoms with Crippen molar-refractivity contribution in [1.82, 2.24) is 10.8 Å². The lowest BCUT2D eigenvalue weighted by atomic mass is 10.1. The molecule has 11 nitrogen and oxygen atoms in total. The number of hydrogen-bond acceptors (Lipinski definition) is 8. The fourth-order valence-corrected chi connectivity index (χ4v) is 4.00. The van der Waals surface area contributed by atoms with Gasteiger partial charge in [0.25, 0.3) is 5.91 Å². The number of amides is 3. The lowest BCUT2D eigenvalue weighted by molar-refractivity contribution is -0.116. The highest BCUT2D eigenvalue weighted by Crippen LogP contribution is 2.28. The summed E-state index contributed by atoms with van der Waals surface area (Å²) in [6.45, 7) is 2.46. The molecule has 0 aromatic heterocycles. The van der Waals surface area contributed by atoms with E-state index in [2.05, 4.69) is 15.6 Å². The third-order valence-corrected chi connectivity index (χ3v) is 5.86. The second-order valence-electron chi connectivity index (χ2n) is 8.34. The molecule has 37 heavy (non-hydrogen) atoms. The summed E-state index contributed by atoms with van der Waals surface area (Å²) in [5.74, 6) is -1.77. The van der Waals surface area contributed by atoms with Gasteiger partial charge in [-0.05, 0) is 42.0 Å². The van der Waals surface area contributed by atoms with Gasteiger partial charge in [-0.1, -0.05) is 6.07 Å². The van der Waals surface area contributed by atoms with Gasteiger partial charge in [0, 0.05) is 19.2 Å². The van der Waals surface area contributed by atoms with Crippen molar-refractivity contribution in [3.63, 3.8) is 0 Å². The molecule has 3 amide bonds. The Morgan fingerprint density at radius 1 is 1.22 bits per heavy atom. The van der Waals surface area contributed by atoms with Crippen LogP contribution in [0.3, 0.4) is 0 Å². The molecule has 2 fully saturated rings. The van der Waals surface area contributed by atoms with Crippen LogP contribution >= 0.6 is 0 Å². The first-order valence-corrected chi connectivity index (χ1v) is 11.6. The van der Waals surface area contributed by atoms with Gasteiger partial charge in [-0.2, -0.15) is 0 Å². The standard InChI is InChI=1S/C25H27FN4O7/c1-35-28-24(33)19-5-2-16(12-22(19)31)3-7-23(32)27-14-18-15-30(25(34)37-18)17-4-6-21(20(26)13-17)29-8-10-36-11-9-29/h2-7,12-13,18,31H,8-11,14-15H2,1H3,(H,27,32)(H,28,33)/b7-3+/t18-/m0/s1. The number of phenols is 1. The summed E-state index contributed by atoms with van der Waals surface area (Å²) < 4.78 is 25.4. The lowest BCUT2D eigenvalue weighted by Crippen LogP contribution is -2.36. The molecule has 1 atom stereocenters. The number of carbonyl (C=O) groups is 3. The van der Waals surface area contributed by atoms with Crippen molar-refractivity contribution in [2.45, 2.75) is 6.10 Å². The van der Waals surface area contributed by atoms with E-state index >= 15 is 0 Å². The SMILES string of the molecule is CONC(=O)c1ccc(/C=C/C(=O)NC[C@H]2CN(c3ccc(N4CCOCC4)c(F)c3)C(=O)O2)cc1O. The van der Waals surface area contributed by atoms with Crippen molar-refractivity contribution < 1.29 is 38.2 Å². The number of morpholine rings is 1. The first-order valence-electron chi connectivity index (χ1n) is 11.6. The van der Waals surface area contributed by atoms with Crippen LogP contribution in [-0.4, -0.2) is 75.6 Å². The van der Waals surface area contributed by atoms with Crippen LogP contribution in [0, 0.1) is 5.82 Å². The van der Waals surface area contributed by atoms with Gasteiger partial charge in [0.05, 0.1) is 50.4 Å². The largest absolute Gasteiger partial charge is 0.507 e. The molecule has 2 aliphatic rings. The van der Waals surface area contributed by atoms with Gasteiger partial charge < -0.3 is 24.8 Å². The lowest BCUT2D eigenvalue weighted by Gasteiger charge is -2.29. The maximum Gasteiger partial charge on any atom is 0.414 e. The number of phenolic OH excluding ortho intramolecular Hbond substituents is 1. The Hall–Kier alpha value is -4.16. The summed E-state index contributed by atoms with van der Waals surface area (Å²) in [5.41, 5.74) is 3.44. The Morgan fingerprint density at radius 2 is 2.00 bits per heavy atom. The summed E-state index contributed by atoms with van der Waals surface area (Å²) in [5, 5.41) is 12.7. The molecule has 0 radical (unpaired) electrons. The minimum Gasteiger partial charge on any atom is -0.507 e. The van der Waals surface area contributed by atoms with Crippen LogP contribution in [0.25, 0.3) is 6.08 Å². The maximum absolute atomic E-state index is 14.7. The Kier molecular flexibility index (Phi) is 8.21. The van der Waals surface area contributed by atoms with Gasteiger partial charge in [0.1, 0.15) is 17.7 Å². The van der Waals surface area contributed by atoms with E-state index in [-0.39, 0.29) is 24.4 Å². The predicted octanol–water partition coefficient (Wildman–Crippen LogP) is 1.81. The van der Waals surface area contributed by atoms with Gasteiger partial charge in [0.15, 0.2) is 0 Å². The molecule has 0 saturated carbocycles. The van der Waals surface area contributed by atoms with Crippen molar-refractivity contribution in [2.75, 3.05) is 56.3 Å². The van der Waals surface area contributed by atoms with Crippen LogP contribution in [0.15, 0.2) is 42.5 Å². The summed E-state index contributed by atoms with van der Waals surface area (Å²) in [6.07, 6.45) is 1.47. The number of cyclic esters (lactones) is 1. The molecule has 0 spiro atoms. The molecule has 0 unspecified atom stereocenters. The molecule has 2 aliphatic heterocycles. The molecular weight excluding hydrogens is 487 g/mol. The molecule has 2 aromatic rings. The zero-order valence-corrected chi connectivity index (χ0v) is 20.1. The van der Waals surface area contributed by atoms with Crippen LogP contribution in [0.4, 0.5) is 20.6 Å². The van der Waals surface area contributed by atoms with Crippen LogP contribution in [0.5, 0.6) is 5.75 Å². The number of halogens is 1. The number of carbonyl (C=O) groups excluding carboxylic acids is 3. The number of rotatable bonds is 8. The average molecular weight is 515 g/mol. The zero-order valence-electron chi connectivity index (χ0n) is 20.1. The maximum atomic E-state index is 14.7. The zero-order chi connectivity index (χ0) is 26.4. The van der Waals surface area contributed by atoms with E-state index in [0.29, 0.717) is 43.2 Å². The first-order chi connectivity index (χ1) is 17.9. The van der Waals surface area contributed by atoms with E-state index in [0.717, 1.165) is 0 Å². The fraction of sp³-hybridized carbons (Fsp3) is 0.320.